The largest absolute Gasteiger partial charge is 0.481 e. The molecular weight excluding hydrogens is 546 g/mol. The minimum Gasteiger partial charge on any atom is -0.481 e. The number of carboxylic acids is 2. The number of hydrogen-bond donors (Lipinski definition) is 4. The van der Waals surface area contributed by atoms with E-state index in [9.17, 15) is 34.2 Å². The quantitative estimate of drug-likeness (QED) is 0.0844. The number of carbonyl (C=O) groups excluding carboxylic acids is 3. The molecule has 1 amide bonds. The molecule has 0 spiro atoms. The molecule has 12 nitrogen and oxygen atoms in total. The maximum atomic E-state index is 13.7. The van der Waals surface area contributed by atoms with Gasteiger partial charge < -0.3 is 30.3 Å². The molecule has 0 fully saturated rings. The van der Waals surface area contributed by atoms with E-state index in [4.69, 9.17) is 20.6 Å². The Hall–Kier alpha value is -5.00. The van der Waals surface area contributed by atoms with Crippen LogP contribution in [0.2, 0.25) is 0 Å². The molecule has 2 rings (SSSR count). The molecule has 0 aliphatic carbocycles. The lowest BCUT2D eigenvalue weighted by atomic mass is 9.77. The first-order valence-corrected chi connectivity index (χ1v) is 13.2. The van der Waals surface area contributed by atoms with Crippen LogP contribution < -0.4 is 10.5 Å². The molecule has 0 heterocycles. The summed E-state index contributed by atoms with van der Waals surface area (Å²) in [4.78, 5) is 64.2. The van der Waals surface area contributed by atoms with Crippen LogP contribution in [0.4, 0.5) is 0 Å². The van der Waals surface area contributed by atoms with Gasteiger partial charge in [-0.25, -0.2) is 9.59 Å². The maximum Gasteiger partial charge on any atom is 0.343 e. The van der Waals surface area contributed by atoms with Gasteiger partial charge in [0.2, 0.25) is 0 Å². The number of ether oxygens (including phenoxy) is 2. The van der Waals surface area contributed by atoms with Crippen LogP contribution in [0.1, 0.15) is 62.0 Å². The lowest BCUT2D eigenvalue weighted by molar-refractivity contribution is -0.173. The second kappa shape index (κ2) is 14.6. The van der Waals surface area contributed by atoms with Gasteiger partial charge in [0.25, 0.3) is 5.91 Å². The number of amidine groups is 1. The maximum absolute atomic E-state index is 13.7. The van der Waals surface area contributed by atoms with Gasteiger partial charge in [-0.15, -0.1) is 0 Å². The zero-order chi connectivity index (χ0) is 31.6. The summed E-state index contributed by atoms with van der Waals surface area (Å²) >= 11 is 0. The third-order valence-electron chi connectivity index (χ3n) is 6.75. The number of benzene rings is 2. The van der Waals surface area contributed by atoms with Crippen LogP contribution in [0.3, 0.4) is 0 Å². The Labute approximate surface area is 243 Å². The van der Waals surface area contributed by atoms with Crippen molar-refractivity contribution in [1.29, 1.82) is 5.41 Å². The van der Waals surface area contributed by atoms with Crippen molar-refractivity contribution in [3.8, 4) is 5.75 Å². The summed E-state index contributed by atoms with van der Waals surface area (Å²) in [5.41, 5.74) is 4.38. The molecule has 0 aliphatic heterocycles. The number of rotatable bonds is 14. The van der Waals surface area contributed by atoms with Crippen LogP contribution in [-0.2, 0) is 23.9 Å². The molecule has 2 aromatic carbocycles. The Balaban J connectivity index is 2.39. The number of nitrogen functional groups attached to an aromatic ring is 1. The Kier molecular flexibility index (Phi) is 11.5. The molecule has 0 radical (unpaired) electrons. The highest BCUT2D eigenvalue weighted by Gasteiger charge is 2.54. The van der Waals surface area contributed by atoms with Gasteiger partial charge in [0.05, 0.1) is 18.1 Å². The van der Waals surface area contributed by atoms with Crippen molar-refractivity contribution in [2.45, 2.75) is 46.1 Å². The molecule has 224 valence electrons. The number of esters is 2. The van der Waals surface area contributed by atoms with E-state index < -0.39 is 47.8 Å². The summed E-state index contributed by atoms with van der Waals surface area (Å²) in [6, 6.07) is 12.1. The molecule has 2 aromatic rings. The summed E-state index contributed by atoms with van der Waals surface area (Å²) < 4.78 is 10.3. The van der Waals surface area contributed by atoms with E-state index in [1.54, 1.807) is 19.1 Å². The zero-order valence-electron chi connectivity index (χ0n) is 23.9. The van der Waals surface area contributed by atoms with Crippen molar-refractivity contribution in [3.63, 3.8) is 0 Å². The lowest BCUT2D eigenvalue weighted by Crippen LogP contribution is -2.64. The minimum absolute atomic E-state index is 0.0173. The summed E-state index contributed by atoms with van der Waals surface area (Å²) in [6.45, 7) is 5.12. The number of nitrogens with zero attached hydrogens (tertiary/aromatic N) is 1. The minimum atomic E-state index is -2.23. The van der Waals surface area contributed by atoms with Crippen LogP contribution >= 0.6 is 0 Å². The van der Waals surface area contributed by atoms with Crippen molar-refractivity contribution < 1.29 is 43.7 Å². The van der Waals surface area contributed by atoms with E-state index in [2.05, 4.69) is 0 Å². The van der Waals surface area contributed by atoms with E-state index >= 15 is 0 Å². The first kappa shape index (κ1) is 33.2. The SMILES string of the molecule is CCOC(=O)CN(C(=O)C(C)=Cc1ccc(C(=O)Oc2ccc(C(=N)N)cc2)cc1)[C@](CC)(C(=O)O)C(CC)C(=O)O. The normalized spacial score (nSPS) is 13.3. The van der Waals surface area contributed by atoms with Crippen molar-refractivity contribution in [1.82, 2.24) is 4.90 Å². The molecule has 0 aromatic heterocycles. The fourth-order valence-electron chi connectivity index (χ4n) is 4.60. The van der Waals surface area contributed by atoms with Gasteiger partial charge in [0.1, 0.15) is 18.1 Å². The molecule has 5 N–H and O–H groups in total. The van der Waals surface area contributed by atoms with E-state index in [1.807, 2.05) is 0 Å². The third-order valence-corrected chi connectivity index (χ3v) is 6.75. The van der Waals surface area contributed by atoms with Gasteiger partial charge in [0, 0.05) is 11.1 Å². The van der Waals surface area contributed by atoms with Crippen LogP contribution in [0, 0.1) is 11.3 Å². The lowest BCUT2D eigenvalue weighted by Gasteiger charge is -2.43. The Morgan fingerprint density at radius 1 is 0.976 bits per heavy atom. The number of carboxylic acid groups (broad SMARTS) is 2. The molecule has 0 bridgehead atoms. The average Bonchev–Trinajstić information content (AvgIpc) is 2.94. The molecular formula is C30H35N3O9. The molecule has 0 saturated carbocycles. The van der Waals surface area contributed by atoms with E-state index in [0.29, 0.717) is 11.1 Å². The number of nitrogens with one attached hydrogen (secondary N) is 1. The fourth-order valence-corrected chi connectivity index (χ4v) is 4.60. The van der Waals surface area contributed by atoms with Gasteiger partial charge in [-0.1, -0.05) is 26.0 Å². The second-order valence-corrected chi connectivity index (χ2v) is 9.36. The highest BCUT2D eigenvalue weighted by atomic mass is 16.5. The smallest absolute Gasteiger partial charge is 0.343 e. The van der Waals surface area contributed by atoms with Crippen LogP contribution in [0.25, 0.3) is 6.08 Å². The van der Waals surface area contributed by atoms with E-state index in [1.165, 1.54) is 63.2 Å². The van der Waals surface area contributed by atoms with Crippen molar-refractivity contribution in [2.75, 3.05) is 13.2 Å². The van der Waals surface area contributed by atoms with Gasteiger partial charge in [-0.2, -0.15) is 0 Å². The number of hydrogen-bond acceptors (Lipinski definition) is 8. The number of nitrogens with two attached hydrogens (primary N) is 1. The van der Waals surface area contributed by atoms with E-state index in [-0.39, 0.29) is 42.2 Å². The summed E-state index contributed by atoms with van der Waals surface area (Å²) in [5, 5.41) is 27.5. The average molecular weight is 582 g/mol. The summed E-state index contributed by atoms with van der Waals surface area (Å²) in [7, 11) is 0. The highest BCUT2D eigenvalue weighted by Crippen LogP contribution is 2.34. The third kappa shape index (κ3) is 7.59. The predicted octanol–water partition coefficient (Wildman–Crippen LogP) is 3.33. The highest BCUT2D eigenvalue weighted by molar-refractivity contribution is 6.03. The molecule has 1 unspecified atom stereocenters. The Morgan fingerprint density at radius 3 is 2.00 bits per heavy atom. The second-order valence-electron chi connectivity index (χ2n) is 9.36. The van der Waals surface area contributed by atoms with Crippen molar-refractivity contribution in [3.05, 3.63) is 70.8 Å². The van der Waals surface area contributed by atoms with E-state index in [0.717, 1.165) is 4.90 Å². The Bertz CT molecular complexity index is 1370. The van der Waals surface area contributed by atoms with Gasteiger partial charge >= 0.3 is 23.9 Å². The fraction of sp³-hybridized carbons (Fsp3) is 0.333. The first-order valence-electron chi connectivity index (χ1n) is 13.2. The monoisotopic (exact) mass is 581 g/mol. The van der Waals surface area contributed by atoms with Gasteiger partial charge in [0.15, 0.2) is 5.54 Å². The molecule has 0 aliphatic rings. The van der Waals surface area contributed by atoms with Crippen LogP contribution in [0.15, 0.2) is 54.1 Å². The molecule has 42 heavy (non-hydrogen) atoms. The number of aliphatic carboxylic acids is 2. The number of amides is 1. The number of carbonyl (C=O) groups is 5. The standard InChI is InChI=1S/C30H35N3O9/c1-5-23(27(36)37)30(6-2,29(39)40)33(17-24(34)41-7-3)26(35)18(4)16-19-8-10-21(11-9-19)28(38)42-22-14-12-20(13-15-22)25(31)32/h8-16,23H,5-7,17H2,1-4H3,(H3,31,32)(H,36,37)(H,39,40)/t23?,30-/m0/s1. The summed E-state index contributed by atoms with van der Waals surface area (Å²) in [6.07, 6.45) is 1.04. The van der Waals surface area contributed by atoms with Crippen LogP contribution in [-0.4, -0.2) is 69.4 Å². The first-order chi connectivity index (χ1) is 19.8. The molecule has 2 atom stereocenters. The van der Waals surface area contributed by atoms with Crippen molar-refractivity contribution in [2.24, 2.45) is 11.7 Å². The topological polar surface area (TPSA) is 197 Å². The molecule has 0 saturated heterocycles. The van der Waals surface area contributed by atoms with Gasteiger partial charge in [-0.05, 0) is 74.7 Å². The predicted molar refractivity (Wildman–Crippen MR) is 153 cm³/mol. The zero-order valence-corrected chi connectivity index (χ0v) is 23.9. The summed E-state index contributed by atoms with van der Waals surface area (Å²) in [5.74, 6) is -6.73. The van der Waals surface area contributed by atoms with Crippen molar-refractivity contribution >= 4 is 41.7 Å². The Morgan fingerprint density at radius 2 is 1.55 bits per heavy atom. The van der Waals surface area contributed by atoms with Gasteiger partial charge in [-0.3, -0.25) is 19.8 Å². The molecule has 12 heteroatoms. The van der Waals surface area contributed by atoms with Crippen LogP contribution in [0.5, 0.6) is 5.75 Å².